The lowest BCUT2D eigenvalue weighted by atomic mass is 9.67. The summed E-state index contributed by atoms with van der Waals surface area (Å²) in [5.74, 6) is 0. The lowest BCUT2D eigenvalue weighted by Crippen LogP contribution is -2.28. The molecular weight excluding hydrogens is 513 g/mol. The summed E-state index contributed by atoms with van der Waals surface area (Å²) in [6.07, 6.45) is 0. The van der Waals surface area contributed by atoms with Crippen LogP contribution in [-0.2, 0) is 10.8 Å². The highest BCUT2D eigenvalue weighted by Crippen LogP contribution is 2.61. The van der Waals surface area contributed by atoms with Crippen LogP contribution in [-0.4, -0.2) is 0 Å². The summed E-state index contributed by atoms with van der Waals surface area (Å²) in [7, 11) is 0. The molecule has 0 radical (unpaired) electrons. The molecule has 0 atom stereocenters. The predicted molar refractivity (Wildman–Crippen MR) is 174 cm³/mol. The van der Waals surface area contributed by atoms with Gasteiger partial charge in [-0.15, -0.1) is 11.3 Å². The fraction of sp³-hybridized carbons (Fsp3) is 0.100. The molecule has 41 heavy (non-hydrogen) atoms. The second-order valence-electron chi connectivity index (χ2n) is 12.0. The Kier molecular flexibility index (Phi) is 4.57. The Hall–Kier alpha value is -4.46. The van der Waals surface area contributed by atoms with E-state index in [1.807, 2.05) is 11.3 Å². The maximum absolute atomic E-state index is 2.40. The highest BCUT2D eigenvalue weighted by atomic mass is 32.1. The van der Waals surface area contributed by atoms with Gasteiger partial charge in [-0.1, -0.05) is 147 Å². The fourth-order valence-corrected chi connectivity index (χ4v) is 9.68. The molecule has 0 N–H and O–H groups in total. The zero-order chi connectivity index (χ0) is 27.3. The largest absolute Gasteiger partial charge is 0.134 e. The average Bonchev–Trinajstić information content (AvgIpc) is 3.63. The number of hydrogen-bond acceptors (Lipinski definition) is 1. The summed E-state index contributed by atoms with van der Waals surface area (Å²) >= 11 is 2.01. The zero-order valence-corrected chi connectivity index (χ0v) is 23.9. The monoisotopic (exact) mass is 540 g/mol. The van der Waals surface area contributed by atoms with Crippen molar-refractivity contribution in [3.05, 3.63) is 167 Å². The average molecular weight is 541 g/mol. The summed E-state index contributed by atoms with van der Waals surface area (Å²) < 4.78 is 2.83. The van der Waals surface area contributed by atoms with Gasteiger partial charge in [0.05, 0.1) is 5.41 Å². The Balaban J connectivity index is 1.47. The van der Waals surface area contributed by atoms with Crippen molar-refractivity contribution in [1.29, 1.82) is 0 Å². The number of benzene rings is 6. The Morgan fingerprint density at radius 3 is 1.49 bits per heavy atom. The summed E-state index contributed by atoms with van der Waals surface area (Å²) in [6, 6.07) is 49.9. The van der Waals surface area contributed by atoms with Gasteiger partial charge in [0.25, 0.3) is 0 Å². The van der Waals surface area contributed by atoms with Gasteiger partial charge in [0, 0.05) is 25.6 Å². The molecule has 0 unspecified atom stereocenters. The first kappa shape index (κ1) is 23.3. The van der Waals surface area contributed by atoms with E-state index < -0.39 is 5.41 Å². The molecule has 6 aromatic carbocycles. The van der Waals surface area contributed by atoms with E-state index in [0.29, 0.717) is 0 Å². The van der Waals surface area contributed by atoms with Gasteiger partial charge >= 0.3 is 0 Å². The van der Waals surface area contributed by atoms with Gasteiger partial charge in [-0.25, -0.2) is 0 Å². The van der Waals surface area contributed by atoms with Gasteiger partial charge in [-0.3, -0.25) is 0 Å². The standard InChI is InChI=1S/C40H28S/c1-39(2)33-19-11-9-17-27(33)29-21-23-31-32-24-22-30-28-18-10-12-20-34(28)40(25-13-5-3-6-14-25,26-15-7-4-8-16-26)36(30)38(32)41-37(31)35(29)39/h3-24H,1-2H3. The first-order chi connectivity index (χ1) is 20.1. The molecular formula is C40H28S. The van der Waals surface area contributed by atoms with Gasteiger partial charge in [-0.2, -0.15) is 0 Å². The number of thiophene rings is 1. The van der Waals surface area contributed by atoms with Crippen molar-refractivity contribution in [3.63, 3.8) is 0 Å². The molecule has 9 rings (SSSR count). The first-order valence-corrected chi connectivity index (χ1v) is 15.3. The van der Waals surface area contributed by atoms with E-state index in [9.17, 15) is 0 Å². The molecule has 0 saturated heterocycles. The van der Waals surface area contributed by atoms with Crippen LogP contribution in [0.3, 0.4) is 0 Å². The van der Waals surface area contributed by atoms with E-state index in [4.69, 9.17) is 0 Å². The second kappa shape index (κ2) is 8.06. The molecule has 1 heteroatoms. The minimum absolute atomic E-state index is 0.0472. The lowest BCUT2D eigenvalue weighted by molar-refractivity contribution is 0.667. The van der Waals surface area contributed by atoms with E-state index in [2.05, 4.69) is 147 Å². The maximum Gasteiger partial charge on any atom is 0.0727 e. The van der Waals surface area contributed by atoms with Crippen molar-refractivity contribution in [2.24, 2.45) is 0 Å². The van der Waals surface area contributed by atoms with Crippen molar-refractivity contribution in [1.82, 2.24) is 0 Å². The molecule has 2 aliphatic carbocycles. The molecule has 1 aromatic heterocycles. The summed E-state index contributed by atoms with van der Waals surface area (Å²) in [4.78, 5) is 0. The highest BCUT2D eigenvalue weighted by molar-refractivity contribution is 7.26. The van der Waals surface area contributed by atoms with Crippen LogP contribution in [0, 0.1) is 0 Å². The van der Waals surface area contributed by atoms with Gasteiger partial charge < -0.3 is 0 Å². The first-order valence-electron chi connectivity index (χ1n) is 14.5. The van der Waals surface area contributed by atoms with E-state index in [1.165, 1.54) is 75.8 Å². The SMILES string of the molecule is CC1(C)c2ccccc2-c2ccc3c(sc4c5c(ccc43)-c3ccccc3C5(c3ccccc3)c3ccccc3)c21. The number of hydrogen-bond donors (Lipinski definition) is 0. The third kappa shape index (κ3) is 2.80. The summed E-state index contributed by atoms with van der Waals surface area (Å²) in [6.45, 7) is 4.81. The van der Waals surface area contributed by atoms with Crippen molar-refractivity contribution in [3.8, 4) is 22.3 Å². The Morgan fingerprint density at radius 1 is 0.415 bits per heavy atom. The summed E-state index contributed by atoms with van der Waals surface area (Å²) in [5, 5.41) is 2.74. The topological polar surface area (TPSA) is 0 Å². The van der Waals surface area contributed by atoms with Gasteiger partial charge in [-0.05, 0) is 55.6 Å². The van der Waals surface area contributed by atoms with E-state index in [1.54, 1.807) is 0 Å². The van der Waals surface area contributed by atoms with Gasteiger partial charge in [0.15, 0.2) is 0 Å². The third-order valence-corrected chi connectivity index (χ3v) is 11.0. The van der Waals surface area contributed by atoms with Crippen molar-refractivity contribution in [2.45, 2.75) is 24.7 Å². The normalized spacial score (nSPS) is 15.5. The maximum atomic E-state index is 2.40. The third-order valence-electron chi connectivity index (χ3n) is 9.74. The minimum atomic E-state index is -0.392. The van der Waals surface area contributed by atoms with E-state index in [-0.39, 0.29) is 5.41 Å². The molecule has 7 aromatic rings. The highest BCUT2D eigenvalue weighted by Gasteiger charge is 2.48. The molecule has 1 heterocycles. The van der Waals surface area contributed by atoms with Crippen molar-refractivity contribution in [2.75, 3.05) is 0 Å². The minimum Gasteiger partial charge on any atom is -0.134 e. The molecule has 0 fully saturated rings. The second-order valence-corrected chi connectivity index (χ2v) is 13.1. The zero-order valence-electron chi connectivity index (χ0n) is 23.1. The molecule has 0 saturated carbocycles. The van der Waals surface area contributed by atoms with Crippen LogP contribution in [0.15, 0.2) is 133 Å². The van der Waals surface area contributed by atoms with Crippen LogP contribution in [0.2, 0.25) is 0 Å². The van der Waals surface area contributed by atoms with Gasteiger partial charge in [0.1, 0.15) is 0 Å². The lowest BCUT2D eigenvalue weighted by Gasteiger charge is -2.34. The quantitative estimate of drug-likeness (QED) is 0.205. The molecule has 0 nitrogen and oxygen atoms in total. The van der Waals surface area contributed by atoms with Crippen LogP contribution < -0.4 is 0 Å². The van der Waals surface area contributed by atoms with Gasteiger partial charge in [0.2, 0.25) is 0 Å². The fourth-order valence-electron chi connectivity index (χ4n) is 8.07. The molecule has 0 spiro atoms. The van der Waals surface area contributed by atoms with Crippen LogP contribution in [0.1, 0.15) is 47.2 Å². The smallest absolute Gasteiger partial charge is 0.0727 e. The van der Waals surface area contributed by atoms with E-state index >= 15 is 0 Å². The molecule has 0 amide bonds. The van der Waals surface area contributed by atoms with Crippen LogP contribution >= 0.6 is 11.3 Å². The Bertz CT molecular complexity index is 2120. The molecule has 2 aliphatic rings. The van der Waals surface area contributed by atoms with E-state index in [0.717, 1.165) is 0 Å². The Labute approximate surface area is 244 Å². The summed E-state index contributed by atoms with van der Waals surface area (Å²) in [5.41, 5.74) is 13.4. The van der Waals surface area contributed by atoms with Crippen molar-refractivity contribution >= 4 is 31.5 Å². The van der Waals surface area contributed by atoms with Crippen LogP contribution in [0.5, 0.6) is 0 Å². The van der Waals surface area contributed by atoms with Crippen LogP contribution in [0.4, 0.5) is 0 Å². The van der Waals surface area contributed by atoms with Crippen molar-refractivity contribution < 1.29 is 0 Å². The molecule has 194 valence electrons. The molecule has 0 aliphatic heterocycles. The number of rotatable bonds is 2. The van der Waals surface area contributed by atoms with Crippen LogP contribution in [0.25, 0.3) is 42.4 Å². The molecule has 0 bridgehead atoms. The Morgan fingerprint density at radius 2 is 0.878 bits per heavy atom. The predicted octanol–water partition coefficient (Wildman–Crippen LogP) is 10.7. The number of fused-ring (bicyclic) bond motifs is 11.